The molecule has 0 amide bonds. The third-order valence-corrected chi connectivity index (χ3v) is 4.33. The number of ether oxygens (including phenoxy) is 1. The summed E-state index contributed by atoms with van der Waals surface area (Å²) in [5.41, 5.74) is 0.383. The van der Waals surface area contributed by atoms with Crippen LogP contribution in [0.5, 0.6) is 0 Å². The van der Waals surface area contributed by atoms with Gasteiger partial charge in [0.25, 0.3) is 0 Å². The number of hydrogen-bond donors (Lipinski definition) is 1. The summed E-state index contributed by atoms with van der Waals surface area (Å²) < 4.78 is 4.96. The van der Waals surface area contributed by atoms with Gasteiger partial charge in [-0.1, -0.05) is 56.7 Å². The van der Waals surface area contributed by atoms with Crippen molar-refractivity contribution in [2.45, 2.75) is 57.9 Å². The molecule has 1 N–H and O–H groups in total. The Morgan fingerprint density at radius 2 is 1.92 bits per heavy atom. The molecule has 0 spiro atoms. The van der Waals surface area contributed by atoms with Gasteiger partial charge in [-0.2, -0.15) is 0 Å². The largest absolute Gasteiger partial charge is 0.388 e. The Hall–Kier alpha value is -2.12. The monoisotopic (exact) mass is 341 g/mol. The van der Waals surface area contributed by atoms with Gasteiger partial charge in [-0.15, -0.1) is 5.92 Å². The third kappa shape index (κ3) is 6.72. The molecule has 1 aliphatic rings. The van der Waals surface area contributed by atoms with Crippen molar-refractivity contribution >= 4 is 11.9 Å². The zero-order valence-electron chi connectivity index (χ0n) is 14.9. The lowest BCUT2D eigenvalue weighted by Gasteiger charge is -2.08. The van der Waals surface area contributed by atoms with Crippen LogP contribution in [-0.2, 0) is 9.53 Å². The van der Waals surface area contributed by atoms with E-state index < -0.39 is 18.0 Å². The predicted octanol–water partition coefficient (Wildman–Crippen LogP) is 3.71. The first-order chi connectivity index (χ1) is 12.2. The minimum atomic E-state index is -0.603. The van der Waals surface area contributed by atoms with Crippen LogP contribution in [0.15, 0.2) is 30.3 Å². The molecule has 1 heterocycles. The molecule has 1 aliphatic heterocycles. The average molecular weight is 341 g/mol. The lowest BCUT2D eigenvalue weighted by molar-refractivity contribution is -0.140. The van der Waals surface area contributed by atoms with Crippen molar-refractivity contribution in [2.75, 3.05) is 6.54 Å². The molecule has 25 heavy (non-hydrogen) atoms. The predicted molar refractivity (Wildman–Crippen MR) is 97.9 cm³/mol. The molecule has 0 aliphatic carbocycles. The van der Waals surface area contributed by atoms with Crippen LogP contribution in [0, 0.1) is 17.8 Å². The van der Waals surface area contributed by atoms with Crippen LogP contribution in [0.1, 0.15) is 62.2 Å². The molecule has 0 bridgehead atoms. The fourth-order valence-electron chi connectivity index (χ4n) is 2.85. The molecule has 1 aromatic rings. The molecular formula is C21H27NO3. The van der Waals surface area contributed by atoms with Gasteiger partial charge < -0.3 is 10.1 Å². The van der Waals surface area contributed by atoms with E-state index in [9.17, 15) is 9.59 Å². The number of carbonyl (C=O) groups excluding carboxylic acids is 2. The topological polar surface area (TPSA) is 55.4 Å². The Balaban J connectivity index is 1.69. The molecule has 2 atom stereocenters. The van der Waals surface area contributed by atoms with Crippen molar-refractivity contribution in [1.29, 1.82) is 0 Å². The van der Waals surface area contributed by atoms with E-state index in [1.165, 1.54) is 25.7 Å². The van der Waals surface area contributed by atoms with Crippen LogP contribution >= 0.6 is 0 Å². The fourth-order valence-corrected chi connectivity index (χ4v) is 2.85. The van der Waals surface area contributed by atoms with E-state index in [0.29, 0.717) is 18.5 Å². The molecular weight excluding hydrogens is 314 g/mol. The lowest BCUT2D eigenvalue weighted by atomic mass is 10.1. The molecule has 0 radical (unpaired) electrons. The second kappa shape index (κ2) is 10.7. The van der Waals surface area contributed by atoms with Gasteiger partial charge in [0.05, 0.1) is 5.56 Å². The van der Waals surface area contributed by atoms with Crippen LogP contribution in [-0.4, -0.2) is 24.5 Å². The van der Waals surface area contributed by atoms with Crippen molar-refractivity contribution in [3.8, 4) is 11.8 Å². The quantitative estimate of drug-likeness (QED) is 0.355. The van der Waals surface area contributed by atoms with Crippen molar-refractivity contribution < 1.29 is 14.3 Å². The molecule has 134 valence electrons. The second-order valence-electron chi connectivity index (χ2n) is 6.45. The van der Waals surface area contributed by atoms with Gasteiger partial charge >= 0.3 is 11.9 Å². The number of unbranched alkanes of at least 4 members (excludes halogenated alkanes) is 5. The minimum absolute atomic E-state index is 0.153. The number of rotatable bonds is 7. The summed E-state index contributed by atoms with van der Waals surface area (Å²) in [6, 6.07) is 8.10. The Bertz CT molecular complexity index is 615. The standard InChI is InChI=1S/C21H27NO3/c1-2-3-4-5-6-7-9-12-17-15-19(22-16-17)21(24)25-20(23)18-13-10-8-11-14-18/h8,10-11,13-14,17,19,22H,2-7,15-16H2,1H3/t17?,19-/m0/s1. The average Bonchev–Trinajstić information content (AvgIpc) is 3.11. The summed E-state index contributed by atoms with van der Waals surface area (Å²) in [6.07, 6.45) is 7.74. The Labute approximate surface area is 150 Å². The zero-order chi connectivity index (χ0) is 17.9. The highest BCUT2D eigenvalue weighted by molar-refractivity contribution is 5.98. The maximum atomic E-state index is 12.1. The Kier molecular flexibility index (Phi) is 8.21. The Morgan fingerprint density at radius 1 is 1.16 bits per heavy atom. The van der Waals surface area contributed by atoms with Gasteiger partial charge in [0.15, 0.2) is 0 Å². The Morgan fingerprint density at radius 3 is 2.68 bits per heavy atom. The van der Waals surface area contributed by atoms with Crippen LogP contribution in [0.25, 0.3) is 0 Å². The summed E-state index contributed by atoms with van der Waals surface area (Å²) >= 11 is 0. The summed E-state index contributed by atoms with van der Waals surface area (Å²) in [6.45, 7) is 2.88. The van der Waals surface area contributed by atoms with E-state index in [1.807, 2.05) is 6.07 Å². The van der Waals surface area contributed by atoms with Crippen molar-refractivity contribution in [3.05, 3.63) is 35.9 Å². The van der Waals surface area contributed by atoms with Crippen molar-refractivity contribution in [2.24, 2.45) is 5.92 Å². The minimum Gasteiger partial charge on any atom is -0.388 e. The third-order valence-electron chi connectivity index (χ3n) is 4.33. The van der Waals surface area contributed by atoms with Gasteiger partial charge in [0.1, 0.15) is 6.04 Å². The van der Waals surface area contributed by atoms with Gasteiger partial charge in [-0.25, -0.2) is 9.59 Å². The number of nitrogens with one attached hydrogen (secondary N) is 1. The number of esters is 2. The van der Waals surface area contributed by atoms with Crippen molar-refractivity contribution in [3.63, 3.8) is 0 Å². The molecule has 2 rings (SSSR count). The van der Waals surface area contributed by atoms with Gasteiger partial charge in [0, 0.05) is 18.9 Å². The van der Waals surface area contributed by atoms with E-state index in [0.717, 1.165) is 12.8 Å². The molecule has 0 aromatic heterocycles. The molecule has 1 unspecified atom stereocenters. The van der Waals surface area contributed by atoms with Crippen LogP contribution in [0.4, 0.5) is 0 Å². The SMILES string of the molecule is CCCCCCCC#CC1CN[C@H](C(=O)OC(=O)c2ccccc2)C1. The molecule has 1 fully saturated rings. The molecule has 0 saturated carbocycles. The van der Waals surface area contributed by atoms with E-state index in [-0.39, 0.29) is 5.92 Å². The van der Waals surface area contributed by atoms with E-state index in [2.05, 4.69) is 24.1 Å². The highest BCUT2D eigenvalue weighted by Gasteiger charge is 2.31. The molecule has 4 nitrogen and oxygen atoms in total. The summed E-state index contributed by atoms with van der Waals surface area (Å²) in [4.78, 5) is 24.0. The first-order valence-corrected chi connectivity index (χ1v) is 9.23. The second-order valence-corrected chi connectivity index (χ2v) is 6.45. The smallest absolute Gasteiger partial charge is 0.345 e. The first kappa shape index (κ1) is 19.2. The summed E-state index contributed by atoms with van der Waals surface area (Å²) in [5.74, 6) is 5.49. The highest BCUT2D eigenvalue weighted by Crippen LogP contribution is 2.15. The van der Waals surface area contributed by atoms with Crippen molar-refractivity contribution in [1.82, 2.24) is 5.32 Å². The zero-order valence-corrected chi connectivity index (χ0v) is 14.9. The van der Waals surface area contributed by atoms with Gasteiger partial charge in [-0.3, -0.25) is 0 Å². The van der Waals surface area contributed by atoms with Crippen LogP contribution in [0.3, 0.4) is 0 Å². The number of benzene rings is 1. The van der Waals surface area contributed by atoms with Crippen LogP contribution < -0.4 is 5.32 Å². The van der Waals surface area contributed by atoms with Gasteiger partial charge in [0.2, 0.25) is 0 Å². The van der Waals surface area contributed by atoms with E-state index >= 15 is 0 Å². The summed E-state index contributed by atoms with van der Waals surface area (Å²) in [5, 5.41) is 3.10. The first-order valence-electron chi connectivity index (χ1n) is 9.23. The lowest BCUT2D eigenvalue weighted by Crippen LogP contribution is -2.33. The fraction of sp³-hybridized carbons (Fsp3) is 0.524. The highest BCUT2D eigenvalue weighted by atomic mass is 16.6. The summed E-state index contributed by atoms with van der Waals surface area (Å²) in [7, 11) is 0. The van der Waals surface area contributed by atoms with Gasteiger partial charge in [-0.05, 0) is 25.0 Å². The normalized spacial score (nSPS) is 19.1. The molecule has 1 aromatic carbocycles. The maximum absolute atomic E-state index is 12.1. The number of hydrogen-bond acceptors (Lipinski definition) is 4. The van der Waals surface area contributed by atoms with E-state index in [4.69, 9.17) is 4.74 Å². The number of carbonyl (C=O) groups is 2. The van der Waals surface area contributed by atoms with E-state index in [1.54, 1.807) is 24.3 Å². The van der Waals surface area contributed by atoms with Crippen LogP contribution in [0.2, 0.25) is 0 Å². The molecule has 4 heteroatoms. The maximum Gasteiger partial charge on any atom is 0.345 e. The molecule has 1 saturated heterocycles.